The van der Waals surface area contributed by atoms with Crippen LogP contribution in [0.4, 0.5) is 16.3 Å². The molecular formula is C25H27N5O3. The summed E-state index contributed by atoms with van der Waals surface area (Å²) in [6.07, 6.45) is 7.82. The largest absolute Gasteiger partial charge is 0.450 e. The lowest BCUT2D eigenvalue weighted by Gasteiger charge is -2.27. The van der Waals surface area contributed by atoms with Crippen LogP contribution in [0.1, 0.15) is 25.3 Å². The Kier molecular flexibility index (Phi) is 6.53. The third-order valence-electron chi connectivity index (χ3n) is 5.74. The summed E-state index contributed by atoms with van der Waals surface area (Å²) in [5.41, 5.74) is 11.0. The van der Waals surface area contributed by atoms with E-state index in [-0.39, 0.29) is 12.0 Å². The minimum absolute atomic E-state index is 0.242. The second-order valence-corrected chi connectivity index (χ2v) is 8.02. The number of pyridine rings is 2. The van der Waals surface area contributed by atoms with Gasteiger partial charge in [-0.1, -0.05) is 5.57 Å². The highest BCUT2D eigenvalue weighted by Crippen LogP contribution is 2.31. The maximum atomic E-state index is 12.6. The Balaban J connectivity index is 1.49. The number of hydrogen-bond acceptors (Lipinski definition) is 6. The van der Waals surface area contributed by atoms with Crippen molar-refractivity contribution in [1.29, 1.82) is 0 Å². The molecule has 0 unspecified atom stereocenters. The fourth-order valence-electron chi connectivity index (χ4n) is 3.96. The molecule has 8 nitrogen and oxygen atoms in total. The van der Waals surface area contributed by atoms with E-state index in [4.69, 9.17) is 10.5 Å². The van der Waals surface area contributed by atoms with Gasteiger partial charge in [0, 0.05) is 54.4 Å². The van der Waals surface area contributed by atoms with Crippen molar-refractivity contribution in [1.82, 2.24) is 14.9 Å². The summed E-state index contributed by atoms with van der Waals surface area (Å²) in [5.74, 6) is 0.210. The Bertz CT molecular complexity index is 1230. The average molecular weight is 446 g/mol. The average Bonchev–Trinajstić information content (AvgIpc) is 2.79. The number of fused-ring (bicyclic) bond motifs is 1. The smallest absolute Gasteiger partial charge is 0.409 e. The Hall–Kier alpha value is -3.94. The second kappa shape index (κ2) is 9.68. The van der Waals surface area contributed by atoms with Gasteiger partial charge in [-0.3, -0.25) is 9.78 Å². The topological polar surface area (TPSA) is 110 Å². The number of anilines is 2. The van der Waals surface area contributed by atoms with Crippen LogP contribution in [0.2, 0.25) is 0 Å². The van der Waals surface area contributed by atoms with E-state index >= 15 is 0 Å². The summed E-state index contributed by atoms with van der Waals surface area (Å²) in [5, 5.41) is 4.55. The van der Waals surface area contributed by atoms with Gasteiger partial charge in [0.05, 0.1) is 6.61 Å². The number of amides is 2. The summed E-state index contributed by atoms with van der Waals surface area (Å²) < 4.78 is 5.03. The number of benzene rings is 1. The Morgan fingerprint density at radius 3 is 2.73 bits per heavy atom. The molecule has 1 aliphatic rings. The van der Waals surface area contributed by atoms with Gasteiger partial charge in [-0.15, -0.1) is 0 Å². The van der Waals surface area contributed by atoms with Crippen LogP contribution in [0.25, 0.3) is 21.9 Å². The summed E-state index contributed by atoms with van der Waals surface area (Å²) in [6.45, 7) is 5.26. The highest BCUT2D eigenvalue weighted by Gasteiger charge is 2.20. The number of nitrogens with one attached hydrogen (secondary N) is 1. The van der Waals surface area contributed by atoms with Gasteiger partial charge in [-0.2, -0.15) is 0 Å². The van der Waals surface area contributed by atoms with Crippen molar-refractivity contribution in [3.05, 3.63) is 60.1 Å². The number of nitrogens with zero attached hydrogens (tertiary/aromatic N) is 3. The van der Waals surface area contributed by atoms with E-state index in [2.05, 4.69) is 15.3 Å². The zero-order valence-electron chi connectivity index (χ0n) is 18.8. The summed E-state index contributed by atoms with van der Waals surface area (Å²) in [4.78, 5) is 34.6. The molecule has 0 spiro atoms. The maximum Gasteiger partial charge on any atom is 0.409 e. The molecule has 33 heavy (non-hydrogen) atoms. The van der Waals surface area contributed by atoms with Crippen LogP contribution >= 0.6 is 0 Å². The van der Waals surface area contributed by atoms with Crippen LogP contribution in [-0.4, -0.2) is 46.6 Å². The van der Waals surface area contributed by atoms with E-state index < -0.39 is 0 Å². The van der Waals surface area contributed by atoms with Crippen molar-refractivity contribution in [2.75, 3.05) is 30.7 Å². The van der Waals surface area contributed by atoms with Gasteiger partial charge in [0.15, 0.2) is 0 Å². The lowest BCUT2D eigenvalue weighted by Crippen LogP contribution is -2.36. The van der Waals surface area contributed by atoms with Gasteiger partial charge in [0.25, 0.3) is 0 Å². The third kappa shape index (κ3) is 5.11. The molecule has 0 bridgehead atoms. The lowest BCUT2D eigenvalue weighted by molar-refractivity contribution is -0.112. The van der Waals surface area contributed by atoms with Crippen molar-refractivity contribution in [2.45, 2.75) is 26.7 Å². The highest BCUT2D eigenvalue weighted by molar-refractivity contribution is 6.02. The number of piperidine rings is 1. The number of nitrogens with two attached hydrogens (primary N) is 1. The van der Waals surface area contributed by atoms with E-state index in [1.54, 1.807) is 30.3 Å². The Morgan fingerprint density at radius 2 is 2.00 bits per heavy atom. The van der Waals surface area contributed by atoms with E-state index in [9.17, 15) is 9.59 Å². The number of nitrogen functional groups attached to an aromatic ring is 1. The van der Waals surface area contributed by atoms with Crippen LogP contribution in [0.5, 0.6) is 0 Å². The van der Waals surface area contributed by atoms with E-state index in [1.165, 1.54) is 0 Å². The molecule has 2 aromatic heterocycles. The van der Waals surface area contributed by atoms with Gasteiger partial charge >= 0.3 is 6.09 Å². The molecule has 1 saturated heterocycles. The van der Waals surface area contributed by atoms with Crippen LogP contribution in [-0.2, 0) is 9.53 Å². The molecule has 3 heterocycles. The first kappa shape index (κ1) is 22.3. The van der Waals surface area contributed by atoms with E-state index in [0.717, 1.165) is 33.0 Å². The van der Waals surface area contributed by atoms with Gasteiger partial charge in [0.1, 0.15) is 5.82 Å². The van der Waals surface area contributed by atoms with E-state index in [1.807, 2.05) is 37.4 Å². The van der Waals surface area contributed by atoms with Crippen LogP contribution < -0.4 is 11.1 Å². The molecule has 8 heteroatoms. The Morgan fingerprint density at radius 1 is 1.21 bits per heavy atom. The predicted molar refractivity (Wildman–Crippen MR) is 129 cm³/mol. The standard InChI is InChI=1S/C25H27N5O3/c1-3-33-25(32)30-8-5-17(6-9-30)10-24(31)29-23-13-19-11-18(12-22(26)21(19)15-28-23)20-14-27-7-4-16(20)2/h4,7,10-15H,3,5-6,8-9,26H2,1-2H3,(H,28,29,31). The van der Waals surface area contributed by atoms with Crippen LogP contribution in [0.15, 0.2) is 54.5 Å². The van der Waals surface area contributed by atoms with Crippen molar-refractivity contribution < 1.29 is 14.3 Å². The number of rotatable bonds is 4. The third-order valence-corrected chi connectivity index (χ3v) is 5.74. The van der Waals surface area contributed by atoms with Gasteiger partial charge in [-0.25, -0.2) is 9.78 Å². The molecule has 0 aliphatic carbocycles. The molecule has 0 radical (unpaired) electrons. The second-order valence-electron chi connectivity index (χ2n) is 8.02. The number of carbonyl (C=O) groups is 2. The highest BCUT2D eigenvalue weighted by atomic mass is 16.6. The van der Waals surface area contributed by atoms with Crippen molar-refractivity contribution in [2.24, 2.45) is 0 Å². The quantitative estimate of drug-likeness (QED) is 0.457. The molecule has 4 rings (SSSR count). The molecule has 170 valence electrons. The van der Waals surface area contributed by atoms with Gasteiger partial charge in [-0.05, 0) is 67.5 Å². The molecule has 1 aliphatic heterocycles. The number of aryl methyl sites for hydroxylation is 1. The first-order valence-electron chi connectivity index (χ1n) is 11.0. The van der Waals surface area contributed by atoms with Crippen LogP contribution in [0.3, 0.4) is 0 Å². The molecule has 3 N–H and O–H groups in total. The molecule has 2 amide bonds. The first-order valence-corrected chi connectivity index (χ1v) is 11.0. The Labute approximate surface area is 192 Å². The number of hydrogen-bond donors (Lipinski definition) is 2. The molecule has 0 atom stereocenters. The zero-order valence-corrected chi connectivity index (χ0v) is 18.8. The minimum Gasteiger partial charge on any atom is -0.450 e. The fraction of sp³-hybridized carbons (Fsp3) is 0.280. The zero-order chi connectivity index (χ0) is 23.4. The van der Waals surface area contributed by atoms with Crippen molar-refractivity contribution in [3.63, 3.8) is 0 Å². The summed E-state index contributed by atoms with van der Waals surface area (Å²) >= 11 is 0. The number of ether oxygens (including phenoxy) is 1. The summed E-state index contributed by atoms with van der Waals surface area (Å²) in [6, 6.07) is 7.72. The van der Waals surface area contributed by atoms with Crippen LogP contribution in [0, 0.1) is 6.92 Å². The normalized spacial score (nSPS) is 13.6. The number of carbonyl (C=O) groups excluding carboxylic acids is 2. The molecule has 1 aromatic carbocycles. The predicted octanol–water partition coefficient (Wildman–Crippen LogP) is 4.30. The van der Waals surface area contributed by atoms with E-state index in [0.29, 0.717) is 44.0 Å². The SMILES string of the molecule is CCOC(=O)N1CCC(=CC(=O)Nc2cc3cc(-c4cnccc4C)cc(N)c3cn2)CC1. The monoisotopic (exact) mass is 445 g/mol. The van der Waals surface area contributed by atoms with Crippen molar-refractivity contribution >= 4 is 34.3 Å². The van der Waals surface area contributed by atoms with Gasteiger partial charge < -0.3 is 20.7 Å². The molecule has 1 fully saturated rings. The molecular weight excluding hydrogens is 418 g/mol. The number of likely N-dealkylation sites (tertiary alicyclic amines) is 1. The summed E-state index contributed by atoms with van der Waals surface area (Å²) in [7, 11) is 0. The first-order chi connectivity index (χ1) is 15.9. The maximum absolute atomic E-state index is 12.6. The molecule has 0 saturated carbocycles. The van der Waals surface area contributed by atoms with Gasteiger partial charge in [0.2, 0.25) is 5.91 Å². The minimum atomic E-state index is -0.304. The van der Waals surface area contributed by atoms with Crippen molar-refractivity contribution in [3.8, 4) is 11.1 Å². The fourth-order valence-corrected chi connectivity index (χ4v) is 3.96. The molecule has 3 aromatic rings. The lowest BCUT2D eigenvalue weighted by atomic mass is 9.99. The number of aromatic nitrogens is 2.